The Hall–Kier alpha value is -2.35. The Morgan fingerprint density at radius 2 is 2.22 bits per heavy atom. The number of nitrogens with zero attached hydrogens (tertiary/aromatic N) is 3. The van der Waals surface area contributed by atoms with Crippen LogP contribution in [0.5, 0.6) is 11.5 Å². The SMILES string of the molecule is COc1cc(C2C(C(C)=O)=C(C)Nc3ncnn32)cc(Br)c1O. The number of ether oxygens (including phenoxy) is 1. The van der Waals surface area contributed by atoms with Crippen molar-refractivity contribution in [2.45, 2.75) is 19.9 Å². The van der Waals surface area contributed by atoms with E-state index >= 15 is 0 Å². The van der Waals surface area contributed by atoms with Crippen LogP contribution in [0.15, 0.2) is 34.2 Å². The normalized spacial score (nSPS) is 16.8. The van der Waals surface area contributed by atoms with Crippen LogP contribution in [0.1, 0.15) is 25.5 Å². The molecule has 2 aromatic rings. The zero-order valence-corrected chi connectivity index (χ0v) is 14.4. The highest BCUT2D eigenvalue weighted by atomic mass is 79.9. The van der Waals surface area contributed by atoms with Gasteiger partial charge < -0.3 is 15.2 Å². The predicted octanol–water partition coefficient (Wildman–Crippen LogP) is 2.63. The Kier molecular flexibility index (Phi) is 3.85. The van der Waals surface area contributed by atoms with Crippen LogP contribution in [-0.2, 0) is 4.79 Å². The largest absolute Gasteiger partial charge is 0.503 e. The molecule has 1 aromatic carbocycles. The minimum absolute atomic E-state index is 0.00840. The summed E-state index contributed by atoms with van der Waals surface area (Å²) in [4.78, 5) is 16.3. The van der Waals surface area contributed by atoms with Crippen LogP contribution in [0.25, 0.3) is 0 Å². The van der Waals surface area contributed by atoms with Crippen LogP contribution in [0, 0.1) is 0 Å². The minimum Gasteiger partial charge on any atom is -0.503 e. The van der Waals surface area contributed by atoms with Crippen LogP contribution >= 0.6 is 15.9 Å². The van der Waals surface area contributed by atoms with Crippen LogP contribution in [-0.4, -0.2) is 32.8 Å². The van der Waals surface area contributed by atoms with E-state index in [0.717, 1.165) is 11.3 Å². The van der Waals surface area contributed by atoms with Crippen molar-refractivity contribution in [2.24, 2.45) is 0 Å². The first-order chi connectivity index (χ1) is 10.9. The number of fused-ring (bicyclic) bond motifs is 1. The Morgan fingerprint density at radius 3 is 2.87 bits per heavy atom. The summed E-state index contributed by atoms with van der Waals surface area (Å²) in [5.74, 6) is 0.814. The average molecular weight is 379 g/mol. The lowest BCUT2D eigenvalue weighted by atomic mass is 9.93. The number of aromatic nitrogens is 3. The monoisotopic (exact) mass is 378 g/mol. The standard InChI is InChI=1S/C15H15BrN4O3/c1-7-12(8(2)21)13(20-15(19-7)17-6-18-20)9-4-10(16)14(22)11(5-9)23-3/h4-6,13,22H,1-3H3,(H,17,18,19). The van der Waals surface area contributed by atoms with Crippen molar-refractivity contribution in [3.63, 3.8) is 0 Å². The number of carbonyl (C=O) groups excluding carboxylic acids is 1. The van der Waals surface area contributed by atoms with Crippen molar-refractivity contribution in [3.8, 4) is 11.5 Å². The van der Waals surface area contributed by atoms with E-state index in [0.29, 0.717) is 21.7 Å². The molecule has 1 aliphatic heterocycles. The number of hydrogen-bond acceptors (Lipinski definition) is 6. The number of benzene rings is 1. The smallest absolute Gasteiger partial charge is 0.226 e. The van der Waals surface area contributed by atoms with Gasteiger partial charge in [0.2, 0.25) is 5.95 Å². The Bertz CT molecular complexity index is 828. The molecule has 0 amide bonds. The molecular weight excluding hydrogens is 364 g/mol. The molecule has 2 heterocycles. The van der Waals surface area contributed by atoms with Crippen LogP contribution in [0.4, 0.5) is 5.95 Å². The fraction of sp³-hybridized carbons (Fsp3) is 0.267. The number of rotatable bonds is 3. The number of methoxy groups -OCH3 is 1. The summed E-state index contributed by atoms with van der Waals surface area (Å²) in [6, 6.07) is 2.99. The molecule has 7 nitrogen and oxygen atoms in total. The molecule has 1 aliphatic rings. The molecule has 0 fully saturated rings. The number of aromatic hydroxyl groups is 1. The molecule has 0 saturated heterocycles. The van der Waals surface area contributed by atoms with Crippen LogP contribution in [0.2, 0.25) is 0 Å². The summed E-state index contributed by atoms with van der Waals surface area (Å²) in [6.45, 7) is 3.34. The highest BCUT2D eigenvalue weighted by Crippen LogP contribution is 2.41. The Labute approximate surface area is 141 Å². The fourth-order valence-corrected chi connectivity index (χ4v) is 3.22. The second-order valence-corrected chi connectivity index (χ2v) is 6.06. The highest BCUT2D eigenvalue weighted by Gasteiger charge is 2.32. The number of anilines is 1. The van der Waals surface area contributed by atoms with Gasteiger partial charge in [-0.15, -0.1) is 0 Å². The van der Waals surface area contributed by atoms with E-state index < -0.39 is 6.04 Å². The third kappa shape index (κ3) is 2.48. The summed E-state index contributed by atoms with van der Waals surface area (Å²) < 4.78 is 7.33. The van der Waals surface area contributed by atoms with E-state index in [2.05, 4.69) is 31.3 Å². The molecular formula is C15H15BrN4O3. The molecule has 3 rings (SSSR count). The summed E-state index contributed by atoms with van der Waals surface area (Å²) in [7, 11) is 1.47. The number of allylic oxidation sites excluding steroid dienone is 2. The average Bonchev–Trinajstić information content (AvgIpc) is 2.95. The minimum atomic E-state index is -0.447. The summed E-state index contributed by atoms with van der Waals surface area (Å²) in [5.41, 5.74) is 2.07. The Morgan fingerprint density at radius 1 is 1.48 bits per heavy atom. The summed E-state index contributed by atoms with van der Waals surface area (Å²) in [5, 5.41) is 17.3. The van der Waals surface area contributed by atoms with Gasteiger partial charge >= 0.3 is 0 Å². The van der Waals surface area contributed by atoms with Gasteiger partial charge in [0.15, 0.2) is 17.3 Å². The van der Waals surface area contributed by atoms with Gasteiger partial charge in [-0.05, 0) is 47.5 Å². The van der Waals surface area contributed by atoms with E-state index in [9.17, 15) is 9.90 Å². The first-order valence-corrected chi connectivity index (χ1v) is 7.68. The number of Topliss-reactive ketones (excluding diaryl/α,β-unsaturated/α-hetero) is 1. The van der Waals surface area contributed by atoms with Gasteiger partial charge in [-0.1, -0.05) is 0 Å². The number of phenolic OH excluding ortho intramolecular Hbond substituents is 1. The molecule has 0 radical (unpaired) electrons. The lowest BCUT2D eigenvalue weighted by Gasteiger charge is -2.28. The van der Waals surface area contributed by atoms with Gasteiger partial charge in [-0.3, -0.25) is 4.79 Å². The first-order valence-electron chi connectivity index (χ1n) is 6.88. The lowest BCUT2D eigenvalue weighted by molar-refractivity contribution is -0.114. The summed E-state index contributed by atoms with van der Waals surface area (Å²) in [6.07, 6.45) is 1.43. The molecule has 1 unspecified atom stereocenters. The molecule has 8 heteroatoms. The molecule has 0 bridgehead atoms. The van der Waals surface area contributed by atoms with E-state index in [1.54, 1.807) is 16.8 Å². The second-order valence-electron chi connectivity index (χ2n) is 5.20. The van der Waals surface area contributed by atoms with Crippen molar-refractivity contribution in [1.29, 1.82) is 0 Å². The zero-order chi connectivity index (χ0) is 16.7. The number of ketones is 1. The Balaban J connectivity index is 2.25. The lowest BCUT2D eigenvalue weighted by Crippen LogP contribution is -2.27. The quantitative estimate of drug-likeness (QED) is 0.853. The van der Waals surface area contributed by atoms with Crippen LogP contribution < -0.4 is 10.1 Å². The van der Waals surface area contributed by atoms with Gasteiger partial charge in [0.05, 0.1) is 11.6 Å². The number of nitrogens with one attached hydrogen (secondary N) is 1. The topological polar surface area (TPSA) is 89.3 Å². The zero-order valence-electron chi connectivity index (χ0n) is 12.8. The molecule has 23 heavy (non-hydrogen) atoms. The van der Waals surface area contributed by atoms with E-state index in [1.165, 1.54) is 20.4 Å². The van der Waals surface area contributed by atoms with Crippen molar-refractivity contribution >= 4 is 27.7 Å². The maximum Gasteiger partial charge on any atom is 0.226 e. The van der Waals surface area contributed by atoms with Crippen molar-refractivity contribution in [3.05, 3.63) is 39.8 Å². The van der Waals surface area contributed by atoms with E-state index in [1.807, 2.05) is 6.92 Å². The van der Waals surface area contributed by atoms with Gasteiger partial charge in [-0.25, -0.2) is 4.68 Å². The van der Waals surface area contributed by atoms with Crippen molar-refractivity contribution < 1.29 is 14.6 Å². The number of phenols is 1. The maximum atomic E-state index is 12.2. The third-order valence-electron chi connectivity index (χ3n) is 3.76. The van der Waals surface area contributed by atoms with Gasteiger partial charge in [0.1, 0.15) is 12.4 Å². The third-order valence-corrected chi connectivity index (χ3v) is 4.36. The number of carbonyl (C=O) groups is 1. The summed E-state index contributed by atoms with van der Waals surface area (Å²) >= 11 is 3.32. The van der Waals surface area contributed by atoms with Crippen molar-refractivity contribution in [2.75, 3.05) is 12.4 Å². The van der Waals surface area contributed by atoms with Gasteiger partial charge in [0, 0.05) is 11.3 Å². The van der Waals surface area contributed by atoms with Gasteiger partial charge in [-0.2, -0.15) is 10.1 Å². The molecule has 0 aliphatic carbocycles. The number of hydrogen-bond donors (Lipinski definition) is 2. The molecule has 0 saturated carbocycles. The van der Waals surface area contributed by atoms with E-state index in [4.69, 9.17) is 4.74 Å². The fourth-order valence-electron chi connectivity index (χ4n) is 2.76. The van der Waals surface area contributed by atoms with Crippen LogP contribution in [0.3, 0.4) is 0 Å². The molecule has 2 N–H and O–H groups in total. The van der Waals surface area contributed by atoms with Crippen molar-refractivity contribution in [1.82, 2.24) is 14.8 Å². The van der Waals surface area contributed by atoms with Gasteiger partial charge in [0.25, 0.3) is 0 Å². The molecule has 1 atom stereocenters. The maximum absolute atomic E-state index is 12.2. The molecule has 0 spiro atoms. The van der Waals surface area contributed by atoms with E-state index in [-0.39, 0.29) is 11.5 Å². The highest BCUT2D eigenvalue weighted by molar-refractivity contribution is 9.10. The number of halogens is 1. The first kappa shape index (κ1) is 15.5. The molecule has 120 valence electrons. The molecule has 1 aromatic heterocycles. The second kappa shape index (κ2) is 5.69. The predicted molar refractivity (Wildman–Crippen MR) is 87.5 cm³/mol.